The Morgan fingerprint density at radius 2 is 2.47 bits per heavy atom. The maximum atomic E-state index is 11.1. The van der Waals surface area contributed by atoms with Crippen LogP contribution in [0.2, 0.25) is 4.34 Å². The monoisotopic (exact) mass is 247 g/mol. The normalized spacial score (nSPS) is 12.5. The molecular formula is C10H14ClNO2S. The van der Waals surface area contributed by atoms with Crippen molar-refractivity contribution in [2.75, 3.05) is 13.2 Å². The predicted octanol–water partition coefficient (Wildman–Crippen LogP) is 2.62. The maximum Gasteiger partial charge on any atom is 0.319 e. The first kappa shape index (κ1) is 12.5. The molecule has 0 aliphatic heterocycles. The Morgan fingerprint density at radius 1 is 1.73 bits per heavy atom. The van der Waals surface area contributed by atoms with E-state index in [1.54, 1.807) is 6.92 Å². The van der Waals surface area contributed by atoms with E-state index >= 15 is 0 Å². The zero-order valence-electron chi connectivity index (χ0n) is 8.75. The molecule has 1 unspecified atom stereocenters. The highest BCUT2D eigenvalue weighted by molar-refractivity contribution is 7.14. The lowest BCUT2D eigenvalue weighted by Gasteiger charge is -2.11. The molecule has 3 nitrogen and oxygen atoms in total. The number of rotatable bonds is 5. The average molecular weight is 248 g/mol. The molecule has 1 heterocycles. The summed E-state index contributed by atoms with van der Waals surface area (Å²) in [5.41, 5.74) is 1.09. The van der Waals surface area contributed by atoms with Gasteiger partial charge in [0.1, 0.15) is 0 Å². The molecule has 0 aromatic carbocycles. The molecule has 1 aromatic heterocycles. The van der Waals surface area contributed by atoms with Crippen molar-refractivity contribution >= 4 is 28.9 Å². The fraction of sp³-hybridized carbons (Fsp3) is 0.500. The van der Waals surface area contributed by atoms with Gasteiger partial charge in [0.15, 0.2) is 0 Å². The van der Waals surface area contributed by atoms with Crippen LogP contribution >= 0.6 is 22.9 Å². The lowest BCUT2D eigenvalue weighted by Crippen LogP contribution is -2.27. The molecule has 0 bridgehead atoms. The van der Waals surface area contributed by atoms with Crippen LogP contribution < -0.4 is 5.32 Å². The first-order valence-electron chi connectivity index (χ1n) is 4.76. The van der Waals surface area contributed by atoms with Gasteiger partial charge >= 0.3 is 5.97 Å². The van der Waals surface area contributed by atoms with E-state index in [-0.39, 0.29) is 18.6 Å². The SMILES string of the molecule is CCOC(=O)CNC(C)c1csc(Cl)c1. The van der Waals surface area contributed by atoms with Crippen molar-refractivity contribution in [2.24, 2.45) is 0 Å². The highest BCUT2D eigenvalue weighted by Gasteiger charge is 2.09. The van der Waals surface area contributed by atoms with Gasteiger partial charge in [-0.15, -0.1) is 11.3 Å². The summed E-state index contributed by atoms with van der Waals surface area (Å²) in [6.45, 7) is 4.42. The van der Waals surface area contributed by atoms with Crippen LogP contribution in [0.5, 0.6) is 0 Å². The van der Waals surface area contributed by atoms with Gasteiger partial charge in [-0.1, -0.05) is 11.6 Å². The Labute approximate surface area is 98.4 Å². The van der Waals surface area contributed by atoms with Gasteiger partial charge in [0.05, 0.1) is 17.5 Å². The number of hydrogen-bond acceptors (Lipinski definition) is 4. The second-order valence-electron chi connectivity index (χ2n) is 3.09. The Morgan fingerprint density at radius 3 is 3.00 bits per heavy atom. The fourth-order valence-electron chi connectivity index (χ4n) is 1.12. The highest BCUT2D eigenvalue weighted by Crippen LogP contribution is 2.24. The van der Waals surface area contributed by atoms with Crippen molar-refractivity contribution < 1.29 is 9.53 Å². The van der Waals surface area contributed by atoms with E-state index in [0.29, 0.717) is 6.61 Å². The maximum absolute atomic E-state index is 11.1. The van der Waals surface area contributed by atoms with Crippen molar-refractivity contribution in [2.45, 2.75) is 19.9 Å². The van der Waals surface area contributed by atoms with Gasteiger partial charge in [0.25, 0.3) is 0 Å². The standard InChI is InChI=1S/C10H14ClNO2S/c1-3-14-10(13)5-12-7(2)8-4-9(11)15-6-8/h4,6-7,12H,3,5H2,1-2H3. The van der Waals surface area contributed by atoms with Gasteiger partial charge < -0.3 is 10.1 Å². The van der Waals surface area contributed by atoms with Crippen LogP contribution in [0.4, 0.5) is 0 Å². The minimum atomic E-state index is -0.231. The van der Waals surface area contributed by atoms with Crippen LogP contribution in [0.3, 0.4) is 0 Å². The molecule has 0 aliphatic carbocycles. The van der Waals surface area contributed by atoms with Gasteiger partial charge in [-0.3, -0.25) is 4.79 Å². The summed E-state index contributed by atoms with van der Waals surface area (Å²) in [6.07, 6.45) is 0. The first-order chi connectivity index (χ1) is 7.13. The largest absolute Gasteiger partial charge is 0.465 e. The number of halogens is 1. The van der Waals surface area contributed by atoms with Crippen LogP contribution in [0.1, 0.15) is 25.5 Å². The van der Waals surface area contributed by atoms with Crippen molar-refractivity contribution in [1.82, 2.24) is 5.32 Å². The minimum Gasteiger partial charge on any atom is -0.465 e. The van der Waals surface area contributed by atoms with Crippen LogP contribution in [0.25, 0.3) is 0 Å². The zero-order chi connectivity index (χ0) is 11.3. The van der Waals surface area contributed by atoms with Gasteiger partial charge in [-0.25, -0.2) is 0 Å². The summed E-state index contributed by atoms with van der Waals surface area (Å²) in [7, 11) is 0. The molecule has 0 aliphatic rings. The van der Waals surface area contributed by atoms with E-state index in [1.807, 2.05) is 18.4 Å². The quantitative estimate of drug-likeness (QED) is 0.813. The number of carbonyl (C=O) groups is 1. The number of nitrogens with one attached hydrogen (secondary N) is 1. The van der Waals surface area contributed by atoms with Crippen LogP contribution in [-0.2, 0) is 9.53 Å². The second kappa shape index (κ2) is 6.10. The first-order valence-corrected chi connectivity index (χ1v) is 6.02. The molecule has 0 saturated heterocycles. The molecule has 0 saturated carbocycles. The summed E-state index contributed by atoms with van der Waals surface area (Å²) < 4.78 is 5.57. The lowest BCUT2D eigenvalue weighted by atomic mass is 10.2. The molecule has 0 fully saturated rings. The zero-order valence-corrected chi connectivity index (χ0v) is 10.3. The molecule has 84 valence electrons. The number of thiophene rings is 1. The summed E-state index contributed by atoms with van der Waals surface area (Å²) >= 11 is 7.30. The number of carbonyl (C=O) groups excluding carboxylic acids is 1. The van der Waals surface area contributed by atoms with Crippen molar-refractivity contribution in [1.29, 1.82) is 0 Å². The Balaban J connectivity index is 2.36. The predicted molar refractivity (Wildman–Crippen MR) is 62.4 cm³/mol. The van der Waals surface area contributed by atoms with Crippen molar-refractivity contribution in [3.8, 4) is 0 Å². The summed E-state index contributed by atoms with van der Waals surface area (Å²) in [4.78, 5) is 11.1. The van der Waals surface area contributed by atoms with E-state index in [4.69, 9.17) is 16.3 Å². The third-order valence-corrected chi connectivity index (χ3v) is 3.06. The molecule has 5 heteroatoms. The van der Waals surface area contributed by atoms with Crippen molar-refractivity contribution in [3.05, 3.63) is 21.3 Å². The number of ether oxygens (including phenoxy) is 1. The van der Waals surface area contributed by atoms with E-state index in [1.165, 1.54) is 11.3 Å². The molecular weight excluding hydrogens is 234 g/mol. The van der Waals surface area contributed by atoms with Gasteiger partial charge in [0, 0.05) is 6.04 Å². The lowest BCUT2D eigenvalue weighted by molar-refractivity contribution is -0.142. The van der Waals surface area contributed by atoms with Crippen molar-refractivity contribution in [3.63, 3.8) is 0 Å². The smallest absolute Gasteiger partial charge is 0.319 e. The molecule has 1 N–H and O–H groups in total. The average Bonchev–Trinajstić information content (AvgIpc) is 2.62. The molecule has 15 heavy (non-hydrogen) atoms. The third kappa shape index (κ3) is 4.20. The molecule has 1 atom stereocenters. The number of hydrogen-bond donors (Lipinski definition) is 1. The molecule has 0 radical (unpaired) electrons. The third-order valence-electron chi connectivity index (χ3n) is 1.95. The molecule has 0 amide bonds. The van der Waals surface area contributed by atoms with E-state index in [9.17, 15) is 4.79 Å². The molecule has 1 rings (SSSR count). The highest BCUT2D eigenvalue weighted by atomic mass is 35.5. The number of esters is 1. The summed E-state index contributed by atoms with van der Waals surface area (Å²) in [5.74, 6) is -0.231. The van der Waals surface area contributed by atoms with Crippen LogP contribution in [0.15, 0.2) is 11.4 Å². The van der Waals surface area contributed by atoms with Crippen LogP contribution in [-0.4, -0.2) is 19.1 Å². The molecule has 0 spiro atoms. The molecule has 1 aromatic rings. The Hall–Kier alpha value is -0.580. The van der Waals surface area contributed by atoms with Crippen LogP contribution in [0, 0.1) is 0 Å². The Kier molecular flexibility index (Phi) is 5.08. The van der Waals surface area contributed by atoms with E-state index in [2.05, 4.69) is 5.32 Å². The summed E-state index contributed by atoms with van der Waals surface area (Å²) in [6, 6.07) is 2.01. The van der Waals surface area contributed by atoms with E-state index in [0.717, 1.165) is 9.90 Å². The van der Waals surface area contributed by atoms with Gasteiger partial charge in [-0.2, -0.15) is 0 Å². The van der Waals surface area contributed by atoms with Gasteiger partial charge in [-0.05, 0) is 30.9 Å². The van der Waals surface area contributed by atoms with Gasteiger partial charge in [0.2, 0.25) is 0 Å². The Bertz CT molecular complexity index is 327. The second-order valence-corrected chi connectivity index (χ2v) is 4.63. The van der Waals surface area contributed by atoms with E-state index < -0.39 is 0 Å². The fourth-order valence-corrected chi connectivity index (χ4v) is 2.10. The summed E-state index contributed by atoms with van der Waals surface area (Å²) in [5, 5.41) is 5.05. The minimum absolute atomic E-state index is 0.109. The topological polar surface area (TPSA) is 38.3 Å².